The van der Waals surface area contributed by atoms with E-state index >= 15 is 0 Å². The Kier molecular flexibility index (Phi) is 3.81. The average molecular weight is 269 g/mol. The Hall–Kier alpha value is -1.70. The Morgan fingerprint density at radius 2 is 1.65 bits per heavy atom. The number of hydrogen-bond donors (Lipinski definition) is 1. The first-order valence-corrected chi connectivity index (χ1v) is 7.56. The normalized spacial score (nSPS) is 22.7. The van der Waals surface area contributed by atoms with E-state index in [1.807, 2.05) is 6.20 Å². The van der Waals surface area contributed by atoms with Gasteiger partial charge >= 0.3 is 0 Å². The van der Waals surface area contributed by atoms with Gasteiger partial charge in [-0.3, -0.25) is 0 Å². The third-order valence-corrected chi connectivity index (χ3v) is 4.76. The number of rotatable bonds is 3. The largest absolute Gasteiger partial charge is 0.495 e. The van der Waals surface area contributed by atoms with Crippen LogP contribution >= 0.6 is 0 Å². The molecular formula is C18H23NO. The second kappa shape index (κ2) is 5.74. The molecule has 0 aliphatic heterocycles. The molecule has 1 aromatic carbocycles. The molecule has 0 radical (unpaired) electrons. The van der Waals surface area contributed by atoms with Crippen LogP contribution in [0.5, 0.6) is 5.75 Å². The predicted octanol–water partition coefficient (Wildman–Crippen LogP) is 4.77. The number of methoxy groups -OCH3 is 1. The van der Waals surface area contributed by atoms with Gasteiger partial charge in [0.15, 0.2) is 0 Å². The molecule has 3 rings (SSSR count). The number of aromatic nitrogens is 1. The molecule has 0 saturated heterocycles. The molecule has 1 aliphatic carbocycles. The maximum Gasteiger partial charge on any atom is 0.139 e. The van der Waals surface area contributed by atoms with Crippen molar-refractivity contribution in [1.82, 2.24) is 4.98 Å². The molecule has 0 amide bonds. The third kappa shape index (κ3) is 2.47. The van der Waals surface area contributed by atoms with Crippen molar-refractivity contribution in [3.8, 4) is 5.75 Å². The summed E-state index contributed by atoms with van der Waals surface area (Å²) >= 11 is 0. The van der Waals surface area contributed by atoms with Gasteiger partial charge in [0.25, 0.3) is 0 Å². The fraction of sp³-hybridized carbons (Fsp3) is 0.444. The highest BCUT2D eigenvalue weighted by Gasteiger charge is 2.25. The Balaban J connectivity index is 1.68. The quantitative estimate of drug-likeness (QED) is 0.852. The van der Waals surface area contributed by atoms with Crippen molar-refractivity contribution in [2.24, 2.45) is 0 Å². The Labute approximate surface area is 121 Å². The van der Waals surface area contributed by atoms with Gasteiger partial charge in [0.2, 0.25) is 0 Å². The first-order chi connectivity index (χ1) is 9.79. The van der Waals surface area contributed by atoms with Gasteiger partial charge < -0.3 is 9.72 Å². The molecule has 20 heavy (non-hydrogen) atoms. The summed E-state index contributed by atoms with van der Waals surface area (Å²) in [5.41, 5.74) is 4.18. The molecule has 2 aromatic rings. The highest BCUT2D eigenvalue weighted by Crippen LogP contribution is 2.41. The van der Waals surface area contributed by atoms with E-state index in [1.54, 1.807) is 7.11 Å². The van der Waals surface area contributed by atoms with Crippen LogP contribution in [0.2, 0.25) is 0 Å². The van der Waals surface area contributed by atoms with Crippen molar-refractivity contribution in [3.63, 3.8) is 0 Å². The van der Waals surface area contributed by atoms with Gasteiger partial charge in [0.05, 0.1) is 7.11 Å². The zero-order valence-electron chi connectivity index (χ0n) is 12.4. The SMILES string of the molecule is COc1c[nH]c(C2CCC(c3ccccc3)CC2)c1C. The van der Waals surface area contributed by atoms with Crippen molar-refractivity contribution < 1.29 is 4.74 Å². The summed E-state index contributed by atoms with van der Waals surface area (Å²) < 4.78 is 5.38. The average Bonchev–Trinajstić information content (AvgIpc) is 2.89. The highest BCUT2D eigenvalue weighted by atomic mass is 16.5. The molecule has 1 saturated carbocycles. The van der Waals surface area contributed by atoms with E-state index in [-0.39, 0.29) is 0 Å². The smallest absolute Gasteiger partial charge is 0.139 e. The molecule has 0 bridgehead atoms. The van der Waals surface area contributed by atoms with Gasteiger partial charge in [-0.05, 0) is 50.0 Å². The fourth-order valence-corrected chi connectivity index (χ4v) is 3.57. The zero-order chi connectivity index (χ0) is 13.9. The van der Waals surface area contributed by atoms with Crippen molar-refractivity contribution in [3.05, 3.63) is 53.3 Å². The lowest BCUT2D eigenvalue weighted by molar-refractivity contribution is 0.389. The number of nitrogens with one attached hydrogen (secondary N) is 1. The van der Waals surface area contributed by atoms with Crippen LogP contribution in [0.4, 0.5) is 0 Å². The van der Waals surface area contributed by atoms with Crippen LogP contribution in [0.3, 0.4) is 0 Å². The molecule has 106 valence electrons. The summed E-state index contributed by atoms with van der Waals surface area (Å²) in [7, 11) is 1.74. The maximum atomic E-state index is 5.38. The molecule has 1 aliphatic rings. The van der Waals surface area contributed by atoms with Gasteiger partial charge in [-0.1, -0.05) is 30.3 Å². The van der Waals surface area contributed by atoms with Crippen LogP contribution in [-0.2, 0) is 0 Å². The minimum absolute atomic E-state index is 0.666. The first kappa shape index (κ1) is 13.3. The Bertz CT molecular complexity index is 550. The maximum absolute atomic E-state index is 5.38. The summed E-state index contributed by atoms with van der Waals surface area (Å²) in [6, 6.07) is 11.0. The van der Waals surface area contributed by atoms with E-state index in [9.17, 15) is 0 Å². The van der Waals surface area contributed by atoms with Gasteiger partial charge in [-0.2, -0.15) is 0 Å². The fourth-order valence-electron chi connectivity index (χ4n) is 3.57. The molecule has 2 nitrogen and oxygen atoms in total. The summed E-state index contributed by atoms with van der Waals surface area (Å²) in [5.74, 6) is 2.40. The summed E-state index contributed by atoms with van der Waals surface area (Å²) in [4.78, 5) is 3.42. The Morgan fingerprint density at radius 3 is 2.25 bits per heavy atom. The van der Waals surface area contributed by atoms with Crippen LogP contribution in [0.15, 0.2) is 36.5 Å². The highest BCUT2D eigenvalue weighted by molar-refractivity contribution is 5.37. The van der Waals surface area contributed by atoms with E-state index in [2.05, 4.69) is 42.2 Å². The molecule has 1 aromatic heterocycles. The van der Waals surface area contributed by atoms with Crippen molar-refractivity contribution in [2.45, 2.75) is 44.4 Å². The lowest BCUT2D eigenvalue weighted by Gasteiger charge is -2.28. The summed E-state index contributed by atoms with van der Waals surface area (Å²) in [6.07, 6.45) is 7.10. The number of hydrogen-bond acceptors (Lipinski definition) is 1. The minimum Gasteiger partial charge on any atom is -0.495 e. The van der Waals surface area contributed by atoms with Gasteiger partial charge in [-0.25, -0.2) is 0 Å². The summed E-state index contributed by atoms with van der Waals surface area (Å²) in [6.45, 7) is 2.16. The van der Waals surface area contributed by atoms with Crippen LogP contribution in [0, 0.1) is 6.92 Å². The molecular weight excluding hydrogens is 246 g/mol. The molecule has 0 spiro atoms. The molecule has 2 heteroatoms. The van der Waals surface area contributed by atoms with E-state index < -0.39 is 0 Å². The minimum atomic E-state index is 0.666. The Morgan fingerprint density at radius 1 is 1.00 bits per heavy atom. The molecule has 1 N–H and O–H groups in total. The van der Waals surface area contributed by atoms with E-state index in [0.29, 0.717) is 5.92 Å². The molecule has 0 atom stereocenters. The lowest BCUT2D eigenvalue weighted by Crippen LogP contribution is -2.13. The number of benzene rings is 1. The number of aromatic amines is 1. The van der Waals surface area contributed by atoms with E-state index in [4.69, 9.17) is 4.74 Å². The monoisotopic (exact) mass is 269 g/mol. The molecule has 0 unspecified atom stereocenters. The van der Waals surface area contributed by atoms with E-state index in [1.165, 1.54) is 42.5 Å². The lowest BCUT2D eigenvalue weighted by atomic mass is 9.77. The van der Waals surface area contributed by atoms with Crippen molar-refractivity contribution in [1.29, 1.82) is 0 Å². The summed E-state index contributed by atoms with van der Waals surface area (Å²) in [5, 5.41) is 0. The predicted molar refractivity (Wildman–Crippen MR) is 82.5 cm³/mol. The number of H-pyrrole nitrogens is 1. The molecule has 1 heterocycles. The third-order valence-electron chi connectivity index (χ3n) is 4.76. The van der Waals surface area contributed by atoms with Gasteiger partial charge in [0.1, 0.15) is 5.75 Å². The standard InChI is InChI=1S/C18H23NO/c1-13-17(20-2)12-19-18(13)16-10-8-15(9-11-16)14-6-4-3-5-7-14/h3-7,12,15-16,19H,8-11H2,1-2H3. The van der Waals surface area contributed by atoms with Gasteiger partial charge in [0, 0.05) is 17.5 Å². The molecule has 1 fully saturated rings. The second-order valence-corrected chi connectivity index (χ2v) is 5.85. The van der Waals surface area contributed by atoms with Crippen molar-refractivity contribution in [2.75, 3.05) is 7.11 Å². The first-order valence-electron chi connectivity index (χ1n) is 7.56. The zero-order valence-corrected chi connectivity index (χ0v) is 12.4. The van der Waals surface area contributed by atoms with Gasteiger partial charge in [-0.15, -0.1) is 0 Å². The van der Waals surface area contributed by atoms with Crippen molar-refractivity contribution >= 4 is 0 Å². The van der Waals surface area contributed by atoms with Crippen LogP contribution in [0.25, 0.3) is 0 Å². The van der Waals surface area contributed by atoms with Crippen LogP contribution in [-0.4, -0.2) is 12.1 Å². The number of ether oxygens (including phenoxy) is 1. The topological polar surface area (TPSA) is 25.0 Å². The van der Waals surface area contributed by atoms with E-state index in [0.717, 1.165) is 11.7 Å². The van der Waals surface area contributed by atoms with Crippen LogP contribution < -0.4 is 4.74 Å². The van der Waals surface area contributed by atoms with Crippen LogP contribution in [0.1, 0.15) is 54.3 Å². The second-order valence-electron chi connectivity index (χ2n) is 5.85.